The highest BCUT2D eigenvalue weighted by atomic mass is 16.5. The third-order valence-corrected chi connectivity index (χ3v) is 5.91. The third-order valence-electron chi connectivity index (χ3n) is 5.91. The summed E-state index contributed by atoms with van der Waals surface area (Å²) in [6.45, 7) is 9.18. The molecular weight excluding hydrogens is 348 g/mol. The summed E-state index contributed by atoms with van der Waals surface area (Å²) in [6.07, 6.45) is 4.93. The number of nitrogens with one attached hydrogen (secondary N) is 1. The van der Waals surface area contributed by atoms with Gasteiger partial charge in [-0.25, -0.2) is 0 Å². The van der Waals surface area contributed by atoms with Crippen LogP contribution in [0, 0.1) is 0 Å². The molecule has 0 spiro atoms. The number of anilines is 1. The maximum absolute atomic E-state index is 12.4. The van der Waals surface area contributed by atoms with Crippen molar-refractivity contribution in [3.8, 4) is 5.75 Å². The molecule has 4 heteroatoms. The third kappa shape index (κ3) is 2.88. The number of benzene rings is 2. The van der Waals surface area contributed by atoms with Crippen LogP contribution >= 0.6 is 0 Å². The zero-order chi connectivity index (χ0) is 19.9. The maximum Gasteiger partial charge on any atom is 0.223 e. The van der Waals surface area contributed by atoms with Gasteiger partial charge in [0.15, 0.2) is 0 Å². The van der Waals surface area contributed by atoms with Gasteiger partial charge < -0.3 is 15.0 Å². The van der Waals surface area contributed by atoms with E-state index in [1.165, 1.54) is 11.3 Å². The van der Waals surface area contributed by atoms with Gasteiger partial charge in [-0.1, -0.05) is 50.3 Å². The lowest BCUT2D eigenvalue weighted by Crippen LogP contribution is -2.68. The van der Waals surface area contributed by atoms with Crippen LogP contribution in [0.15, 0.2) is 54.6 Å². The van der Waals surface area contributed by atoms with Crippen LogP contribution < -0.4 is 15.0 Å². The molecule has 0 bridgehead atoms. The number of fused-ring (bicyclic) bond motifs is 3. The second-order valence-electron chi connectivity index (χ2n) is 8.43. The predicted octanol–water partition coefficient (Wildman–Crippen LogP) is 4.50. The summed E-state index contributed by atoms with van der Waals surface area (Å²) >= 11 is 0. The normalized spacial score (nSPS) is 22.9. The minimum Gasteiger partial charge on any atom is -0.491 e. The Kier molecular flexibility index (Phi) is 4.45. The van der Waals surface area contributed by atoms with Gasteiger partial charge >= 0.3 is 0 Å². The van der Waals surface area contributed by atoms with Crippen LogP contribution in [0.3, 0.4) is 0 Å². The van der Waals surface area contributed by atoms with Crippen molar-refractivity contribution >= 4 is 17.7 Å². The molecule has 2 heterocycles. The molecule has 0 saturated carbocycles. The molecule has 2 aromatic rings. The lowest BCUT2D eigenvalue weighted by molar-refractivity contribution is -0.124. The Balaban J connectivity index is 1.71. The van der Waals surface area contributed by atoms with E-state index in [1.807, 2.05) is 26.0 Å². The predicted molar refractivity (Wildman–Crippen MR) is 114 cm³/mol. The van der Waals surface area contributed by atoms with Gasteiger partial charge in [-0.3, -0.25) is 4.79 Å². The maximum atomic E-state index is 12.4. The first kappa shape index (κ1) is 18.6. The molecule has 1 N–H and O–H groups in total. The summed E-state index contributed by atoms with van der Waals surface area (Å²) in [5, 5.41) is 3.31. The van der Waals surface area contributed by atoms with E-state index in [4.69, 9.17) is 4.74 Å². The van der Waals surface area contributed by atoms with E-state index in [0.29, 0.717) is 6.42 Å². The molecule has 146 valence electrons. The first-order chi connectivity index (χ1) is 13.3. The van der Waals surface area contributed by atoms with Crippen LogP contribution in [-0.4, -0.2) is 24.2 Å². The number of ether oxygens (including phenoxy) is 1. The van der Waals surface area contributed by atoms with Crippen LogP contribution in [0.25, 0.3) is 6.08 Å². The summed E-state index contributed by atoms with van der Waals surface area (Å²) in [5.41, 5.74) is 2.73. The fourth-order valence-electron chi connectivity index (χ4n) is 4.47. The molecule has 2 aliphatic heterocycles. The molecule has 1 unspecified atom stereocenters. The molecule has 2 aromatic carbocycles. The molecule has 2 aliphatic rings. The molecule has 28 heavy (non-hydrogen) atoms. The first-order valence-electron chi connectivity index (χ1n) is 9.98. The standard InChI is InChI=1S/C24H28N2O2/c1-17(2)28-19-11-9-18(10-12-19)13-15-24-23(3,4)20-7-5-6-8-21(20)26(24)16-14-22(27)25-24/h5-13,15,17H,14,16H2,1-4H3,(H,25,27). The Morgan fingerprint density at radius 2 is 1.82 bits per heavy atom. The highest BCUT2D eigenvalue weighted by molar-refractivity contribution is 5.84. The molecule has 0 aliphatic carbocycles. The lowest BCUT2D eigenvalue weighted by Gasteiger charge is -2.49. The smallest absolute Gasteiger partial charge is 0.223 e. The summed E-state index contributed by atoms with van der Waals surface area (Å²) in [4.78, 5) is 14.8. The van der Waals surface area contributed by atoms with Crippen LogP contribution in [0.4, 0.5) is 5.69 Å². The molecular formula is C24H28N2O2. The minimum atomic E-state index is -0.570. The first-order valence-corrected chi connectivity index (χ1v) is 9.98. The molecule has 1 atom stereocenters. The van der Waals surface area contributed by atoms with Gasteiger partial charge in [0, 0.05) is 24.1 Å². The number of hydrogen-bond donors (Lipinski definition) is 1. The van der Waals surface area contributed by atoms with Gasteiger partial charge in [0.25, 0.3) is 0 Å². The van der Waals surface area contributed by atoms with Gasteiger partial charge in [0.05, 0.1) is 6.10 Å². The number of carbonyl (C=O) groups excluding carboxylic acids is 1. The van der Waals surface area contributed by atoms with E-state index in [0.717, 1.165) is 17.9 Å². The van der Waals surface area contributed by atoms with E-state index in [9.17, 15) is 4.79 Å². The van der Waals surface area contributed by atoms with Crippen molar-refractivity contribution in [1.82, 2.24) is 5.32 Å². The highest BCUT2D eigenvalue weighted by Crippen LogP contribution is 2.52. The Labute approximate surface area is 167 Å². The molecule has 1 saturated heterocycles. The van der Waals surface area contributed by atoms with E-state index in [1.54, 1.807) is 0 Å². The fourth-order valence-corrected chi connectivity index (χ4v) is 4.47. The summed E-state index contributed by atoms with van der Waals surface area (Å²) in [6, 6.07) is 16.6. The van der Waals surface area contributed by atoms with Crippen molar-refractivity contribution < 1.29 is 9.53 Å². The lowest BCUT2D eigenvalue weighted by atomic mass is 9.74. The van der Waals surface area contributed by atoms with Crippen LogP contribution in [0.2, 0.25) is 0 Å². The zero-order valence-electron chi connectivity index (χ0n) is 17.0. The van der Waals surface area contributed by atoms with Crippen LogP contribution in [0.5, 0.6) is 5.75 Å². The average Bonchev–Trinajstić information content (AvgIpc) is 2.85. The van der Waals surface area contributed by atoms with Gasteiger partial charge in [0.2, 0.25) is 5.91 Å². The molecule has 0 radical (unpaired) electrons. The second-order valence-corrected chi connectivity index (χ2v) is 8.43. The van der Waals surface area contributed by atoms with Crippen LogP contribution in [-0.2, 0) is 10.2 Å². The summed E-state index contributed by atoms with van der Waals surface area (Å²) in [5.74, 6) is 0.967. The number of hydrogen-bond acceptors (Lipinski definition) is 3. The summed E-state index contributed by atoms with van der Waals surface area (Å²) in [7, 11) is 0. The van der Waals surface area contributed by atoms with E-state index in [-0.39, 0.29) is 17.4 Å². The molecule has 4 nitrogen and oxygen atoms in total. The van der Waals surface area contributed by atoms with Gasteiger partial charge in [-0.15, -0.1) is 0 Å². The van der Waals surface area contributed by atoms with Crippen LogP contribution in [0.1, 0.15) is 45.2 Å². The Morgan fingerprint density at radius 3 is 2.54 bits per heavy atom. The van der Waals surface area contributed by atoms with E-state index in [2.05, 4.69) is 72.6 Å². The number of rotatable bonds is 4. The SMILES string of the molecule is CC(C)Oc1ccc(C=CC23NC(=O)CCN2c2ccccc2C3(C)C)cc1. The van der Waals surface area contributed by atoms with Gasteiger partial charge in [-0.05, 0) is 49.2 Å². The molecule has 4 rings (SSSR count). The Bertz CT molecular complexity index is 914. The molecule has 1 fully saturated rings. The Morgan fingerprint density at radius 1 is 1.11 bits per heavy atom. The van der Waals surface area contributed by atoms with Crippen molar-refractivity contribution in [2.45, 2.75) is 51.3 Å². The highest BCUT2D eigenvalue weighted by Gasteiger charge is 2.57. The van der Waals surface area contributed by atoms with Gasteiger partial charge in [-0.2, -0.15) is 0 Å². The number of para-hydroxylation sites is 1. The van der Waals surface area contributed by atoms with Crippen molar-refractivity contribution in [1.29, 1.82) is 0 Å². The van der Waals surface area contributed by atoms with Crippen molar-refractivity contribution in [3.63, 3.8) is 0 Å². The second kappa shape index (κ2) is 6.69. The summed E-state index contributed by atoms with van der Waals surface area (Å²) < 4.78 is 5.73. The number of nitrogens with zero attached hydrogens (tertiary/aromatic N) is 1. The Hall–Kier alpha value is -2.75. The number of amides is 1. The van der Waals surface area contributed by atoms with Crippen molar-refractivity contribution in [2.24, 2.45) is 0 Å². The number of carbonyl (C=O) groups is 1. The zero-order valence-corrected chi connectivity index (χ0v) is 17.0. The monoisotopic (exact) mass is 376 g/mol. The van der Waals surface area contributed by atoms with Gasteiger partial charge in [0.1, 0.15) is 11.4 Å². The average molecular weight is 377 g/mol. The quantitative estimate of drug-likeness (QED) is 0.854. The van der Waals surface area contributed by atoms with Crippen molar-refractivity contribution in [2.75, 3.05) is 11.4 Å². The minimum absolute atomic E-state index is 0.0995. The van der Waals surface area contributed by atoms with Crippen molar-refractivity contribution in [3.05, 3.63) is 65.7 Å². The topological polar surface area (TPSA) is 41.6 Å². The van der Waals surface area contributed by atoms with E-state index >= 15 is 0 Å². The fraction of sp³-hybridized carbons (Fsp3) is 0.375. The van der Waals surface area contributed by atoms with E-state index < -0.39 is 5.66 Å². The molecule has 1 amide bonds. The largest absolute Gasteiger partial charge is 0.491 e. The molecule has 0 aromatic heterocycles.